The lowest BCUT2D eigenvalue weighted by atomic mass is 9.44. The van der Waals surface area contributed by atoms with E-state index >= 15 is 0 Å². The number of rotatable bonds is 3. The summed E-state index contributed by atoms with van der Waals surface area (Å²) in [6, 6.07) is 0. The molecule has 1 aliphatic heterocycles. The van der Waals surface area contributed by atoms with E-state index in [1.54, 1.807) is 0 Å². The Bertz CT molecular complexity index is 217. The van der Waals surface area contributed by atoms with Crippen LogP contribution in [0.4, 0.5) is 0 Å². The quantitative estimate of drug-likeness (QED) is 0.750. The molecule has 2 rings (SSSR count). The fourth-order valence-electron chi connectivity index (χ4n) is 4.17. The van der Waals surface area contributed by atoms with Crippen LogP contribution in [0.1, 0.15) is 53.4 Å². The van der Waals surface area contributed by atoms with Crippen LogP contribution in [0.5, 0.6) is 0 Å². The van der Waals surface area contributed by atoms with Crippen molar-refractivity contribution in [1.29, 1.82) is 0 Å². The average Bonchev–Trinajstić information content (AvgIpc) is 2.61. The zero-order valence-electron chi connectivity index (χ0n) is 10.9. The van der Waals surface area contributed by atoms with Crippen molar-refractivity contribution in [3.05, 3.63) is 0 Å². The molecule has 0 aromatic rings. The lowest BCUT2D eigenvalue weighted by Gasteiger charge is -2.60. The fourth-order valence-corrected chi connectivity index (χ4v) is 4.17. The minimum Gasteiger partial charge on any atom is -0.316 e. The van der Waals surface area contributed by atoms with Gasteiger partial charge in [-0.15, -0.1) is 0 Å². The molecule has 1 atom stereocenters. The first-order valence-corrected chi connectivity index (χ1v) is 6.75. The van der Waals surface area contributed by atoms with Gasteiger partial charge in [0.1, 0.15) is 0 Å². The molecule has 0 amide bonds. The molecule has 0 aromatic heterocycles. The van der Waals surface area contributed by atoms with Crippen LogP contribution in [-0.2, 0) is 0 Å². The standard InChI is InChI=1S/C14H27N/c1-5-12(4)14(11(2)3)8-13(9-14)6-7-15-10-13/h11-12,15H,5-10H2,1-4H3. The van der Waals surface area contributed by atoms with Crippen LogP contribution in [0, 0.1) is 22.7 Å². The van der Waals surface area contributed by atoms with Crippen molar-refractivity contribution in [1.82, 2.24) is 5.32 Å². The molecule has 1 aliphatic carbocycles. The molecule has 1 saturated heterocycles. The summed E-state index contributed by atoms with van der Waals surface area (Å²) in [5, 5.41) is 3.55. The lowest BCUT2D eigenvalue weighted by molar-refractivity contribution is -0.103. The molecule has 1 heterocycles. The van der Waals surface area contributed by atoms with Gasteiger partial charge in [0.05, 0.1) is 0 Å². The van der Waals surface area contributed by atoms with Gasteiger partial charge in [-0.25, -0.2) is 0 Å². The number of hydrogen-bond donors (Lipinski definition) is 1. The van der Waals surface area contributed by atoms with E-state index in [2.05, 4.69) is 33.0 Å². The Balaban J connectivity index is 2.06. The first-order chi connectivity index (χ1) is 7.05. The minimum absolute atomic E-state index is 0.667. The van der Waals surface area contributed by atoms with Crippen molar-refractivity contribution < 1.29 is 0 Å². The third-order valence-electron chi connectivity index (χ3n) is 5.48. The minimum atomic E-state index is 0.667. The van der Waals surface area contributed by atoms with Crippen LogP contribution in [-0.4, -0.2) is 13.1 Å². The van der Waals surface area contributed by atoms with E-state index in [4.69, 9.17) is 0 Å². The summed E-state index contributed by atoms with van der Waals surface area (Å²) < 4.78 is 0. The van der Waals surface area contributed by atoms with Gasteiger partial charge in [0.15, 0.2) is 0 Å². The largest absolute Gasteiger partial charge is 0.316 e. The SMILES string of the molecule is CCC(C)C1(C(C)C)CC2(CCNC2)C1. The maximum absolute atomic E-state index is 3.55. The first-order valence-electron chi connectivity index (χ1n) is 6.75. The topological polar surface area (TPSA) is 12.0 Å². The Morgan fingerprint density at radius 1 is 1.20 bits per heavy atom. The molecule has 1 spiro atoms. The van der Waals surface area contributed by atoms with Gasteiger partial charge in [-0.2, -0.15) is 0 Å². The molecule has 2 aliphatic rings. The lowest BCUT2D eigenvalue weighted by Crippen LogP contribution is -2.53. The monoisotopic (exact) mass is 209 g/mol. The molecule has 1 heteroatoms. The summed E-state index contributed by atoms with van der Waals surface area (Å²) >= 11 is 0. The van der Waals surface area contributed by atoms with Crippen molar-refractivity contribution in [2.75, 3.05) is 13.1 Å². The van der Waals surface area contributed by atoms with Gasteiger partial charge in [0.2, 0.25) is 0 Å². The molecular formula is C14H27N. The summed E-state index contributed by atoms with van der Waals surface area (Å²) in [6.45, 7) is 12.2. The van der Waals surface area contributed by atoms with Gasteiger partial charge in [0.25, 0.3) is 0 Å². The highest BCUT2D eigenvalue weighted by Gasteiger charge is 2.57. The maximum atomic E-state index is 3.55. The maximum Gasteiger partial charge on any atom is 0.000871 e. The number of nitrogens with one attached hydrogen (secondary N) is 1. The zero-order chi connectivity index (χ0) is 11.1. The second kappa shape index (κ2) is 3.76. The molecule has 1 nitrogen and oxygen atoms in total. The van der Waals surface area contributed by atoms with E-state index in [1.807, 2.05) is 0 Å². The molecular weight excluding hydrogens is 182 g/mol. The second-order valence-corrected chi connectivity index (χ2v) is 6.48. The van der Waals surface area contributed by atoms with Crippen molar-refractivity contribution in [3.63, 3.8) is 0 Å². The summed E-state index contributed by atoms with van der Waals surface area (Å²) in [6.07, 6.45) is 5.75. The van der Waals surface area contributed by atoms with Crippen molar-refractivity contribution in [2.24, 2.45) is 22.7 Å². The van der Waals surface area contributed by atoms with Crippen LogP contribution in [0.15, 0.2) is 0 Å². The van der Waals surface area contributed by atoms with Gasteiger partial charge in [0, 0.05) is 6.54 Å². The third kappa shape index (κ3) is 1.63. The molecule has 0 aromatic carbocycles. The Morgan fingerprint density at radius 3 is 2.27 bits per heavy atom. The van der Waals surface area contributed by atoms with Crippen molar-refractivity contribution in [3.8, 4) is 0 Å². The van der Waals surface area contributed by atoms with Crippen molar-refractivity contribution in [2.45, 2.75) is 53.4 Å². The van der Waals surface area contributed by atoms with Gasteiger partial charge in [-0.3, -0.25) is 0 Å². The molecule has 2 fully saturated rings. The predicted molar refractivity (Wildman–Crippen MR) is 65.9 cm³/mol. The molecule has 1 N–H and O–H groups in total. The van der Waals surface area contributed by atoms with Gasteiger partial charge in [-0.1, -0.05) is 34.1 Å². The highest BCUT2D eigenvalue weighted by molar-refractivity contribution is 5.09. The van der Waals surface area contributed by atoms with Gasteiger partial charge < -0.3 is 5.32 Å². The number of hydrogen-bond acceptors (Lipinski definition) is 1. The van der Waals surface area contributed by atoms with Crippen molar-refractivity contribution >= 4 is 0 Å². The van der Waals surface area contributed by atoms with E-state index in [-0.39, 0.29) is 0 Å². The average molecular weight is 209 g/mol. The van der Waals surface area contributed by atoms with E-state index in [0.717, 1.165) is 11.8 Å². The molecule has 0 radical (unpaired) electrons. The van der Waals surface area contributed by atoms with Crippen LogP contribution in [0.2, 0.25) is 0 Å². The summed E-state index contributed by atoms with van der Waals surface area (Å²) in [7, 11) is 0. The van der Waals surface area contributed by atoms with E-state index in [1.165, 1.54) is 38.8 Å². The first kappa shape index (κ1) is 11.4. The Kier molecular flexibility index (Phi) is 2.87. The Labute approximate surface area is 95.0 Å². The van der Waals surface area contributed by atoms with Crippen LogP contribution in [0.3, 0.4) is 0 Å². The smallest absolute Gasteiger partial charge is 0.000871 e. The summed E-state index contributed by atoms with van der Waals surface area (Å²) in [5.41, 5.74) is 1.37. The Hall–Kier alpha value is -0.0400. The summed E-state index contributed by atoms with van der Waals surface area (Å²) in [4.78, 5) is 0. The molecule has 15 heavy (non-hydrogen) atoms. The fraction of sp³-hybridized carbons (Fsp3) is 1.00. The molecule has 88 valence electrons. The van der Waals surface area contributed by atoms with Crippen LogP contribution in [0.25, 0.3) is 0 Å². The van der Waals surface area contributed by atoms with Gasteiger partial charge in [-0.05, 0) is 48.5 Å². The highest BCUT2D eigenvalue weighted by Crippen LogP contribution is 2.64. The predicted octanol–water partition coefficient (Wildman–Crippen LogP) is 3.45. The van der Waals surface area contributed by atoms with Crippen LogP contribution < -0.4 is 5.32 Å². The van der Waals surface area contributed by atoms with E-state index < -0.39 is 0 Å². The Morgan fingerprint density at radius 2 is 1.87 bits per heavy atom. The van der Waals surface area contributed by atoms with Crippen LogP contribution >= 0.6 is 0 Å². The summed E-state index contributed by atoms with van der Waals surface area (Å²) in [5.74, 6) is 1.77. The normalized spacial score (nSPS) is 42.2. The third-order valence-corrected chi connectivity index (χ3v) is 5.48. The van der Waals surface area contributed by atoms with E-state index in [0.29, 0.717) is 10.8 Å². The highest BCUT2D eigenvalue weighted by atomic mass is 14.9. The zero-order valence-corrected chi connectivity index (χ0v) is 10.9. The van der Waals surface area contributed by atoms with Gasteiger partial charge >= 0.3 is 0 Å². The van der Waals surface area contributed by atoms with E-state index in [9.17, 15) is 0 Å². The molecule has 1 saturated carbocycles. The molecule has 1 unspecified atom stereocenters. The molecule has 0 bridgehead atoms. The second-order valence-electron chi connectivity index (χ2n) is 6.48.